The molecule has 0 radical (unpaired) electrons. The number of nitrogens with one attached hydrogen (secondary N) is 1. The Bertz CT molecular complexity index is 823. The molecule has 4 heteroatoms. The molecule has 24 heavy (non-hydrogen) atoms. The molecule has 0 saturated heterocycles. The van der Waals surface area contributed by atoms with Crippen LogP contribution >= 0.6 is 0 Å². The lowest BCUT2D eigenvalue weighted by Crippen LogP contribution is -2.25. The minimum absolute atomic E-state index is 0.0727. The smallest absolute Gasteiger partial charge is 0.220 e. The first-order valence-electron chi connectivity index (χ1n) is 8.48. The van der Waals surface area contributed by atoms with Crippen LogP contribution in [0, 0.1) is 0 Å². The molecule has 3 aromatic rings. The van der Waals surface area contributed by atoms with E-state index in [9.17, 15) is 4.79 Å². The van der Waals surface area contributed by atoms with Crippen LogP contribution in [0.2, 0.25) is 0 Å². The summed E-state index contributed by atoms with van der Waals surface area (Å²) >= 11 is 0. The molecule has 1 heterocycles. The molecule has 0 aliphatic heterocycles. The molecule has 2 aromatic carbocycles. The van der Waals surface area contributed by atoms with Gasteiger partial charge in [-0.25, -0.2) is 4.98 Å². The number of benzene rings is 2. The van der Waals surface area contributed by atoms with Crippen molar-refractivity contribution in [2.45, 2.75) is 39.3 Å². The molecule has 0 bridgehead atoms. The summed E-state index contributed by atoms with van der Waals surface area (Å²) < 4.78 is 2.22. The van der Waals surface area contributed by atoms with Gasteiger partial charge in [-0.1, -0.05) is 49.4 Å². The Morgan fingerprint density at radius 3 is 2.58 bits per heavy atom. The zero-order chi connectivity index (χ0) is 16.9. The standard InChI is InChI=1S/C20H23N3O/c1-3-9-20(24)21-14-19-22-17-12-7-8-13-18(17)23(19)15(2)16-10-5-4-6-11-16/h4-8,10-13,15H,3,9,14H2,1-2H3,(H,21,24)/t15-/m0/s1. The summed E-state index contributed by atoms with van der Waals surface area (Å²) in [7, 11) is 0. The maximum Gasteiger partial charge on any atom is 0.220 e. The van der Waals surface area contributed by atoms with Crippen LogP contribution in [0.1, 0.15) is 44.1 Å². The number of amides is 1. The Morgan fingerprint density at radius 2 is 1.83 bits per heavy atom. The average molecular weight is 321 g/mol. The highest BCUT2D eigenvalue weighted by Gasteiger charge is 2.17. The van der Waals surface area contributed by atoms with E-state index in [2.05, 4.69) is 35.0 Å². The number of rotatable bonds is 6. The van der Waals surface area contributed by atoms with Gasteiger partial charge in [0.15, 0.2) is 0 Å². The second kappa shape index (κ2) is 7.30. The summed E-state index contributed by atoms with van der Waals surface area (Å²) in [6.07, 6.45) is 1.40. The van der Waals surface area contributed by atoms with Crippen molar-refractivity contribution in [2.24, 2.45) is 0 Å². The van der Waals surface area contributed by atoms with Crippen LogP contribution in [0.25, 0.3) is 11.0 Å². The molecule has 1 N–H and O–H groups in total. The zero-order valence-corrected chi connectivity index (χ0v) is 14.2. The van der Waals surface area contributed by atoms with Crippen molar-refractivity contribution < 1.29 is 4.79 Å². The predicted molar refractivity (Wildman–Crippen MR) is 96.7 cm³/mol. The summed E-state index contributed by atoms with van der Waals surface area (Å²) in [5, 5.41) is 2.99. The highest BCUT2D eigenvalue weighted by molar-refractivity contribution is 5.77. The van der Waals surface area contributed by atoms with Gasteiger partial charge in [-0.2, -0.15) is 0 Å². The van der Waals surface area contributed by atoms with Crippen LogP contribution in [0.15, 0.2) is 54.6 Å². The summed E-state index contributed by atoms with van der Waals surface area (Å²) in [5.74, 6) is 0.959. The molecule has 3 rings (SSSR count). The number of fused-ring (bicyclic) bond motifs is 1. The Labute approximate surface area is 142 Å². The Morgan fingerprint density at radius 1 is 1.12 bits per heavy atom. The third kappa shape index (κ3) is 3.32. The van der Waals surface area contributed by atoms with E-state index in [-0.39, 0.29) is 11.9 Å². The third-order valence-corrected chi connectivity index (χ3v) is 4.26. The summed E-state index contributed by atoms with van der Waals surface area (Å²) in [6, 6.07) is 18.6. The van der Waals surface area contributed by atoms with Gasteiger partial charge < -0.3 is 9.88 Å². The van der Waals surface area contributed by atoms with Gasteiger partial charge in [0.25, 0.3) is 0 Å². The lowest BCUT2D eigenvalue weighted by Gasteiger charge is -2.18. The number of carbonyl (C=O) groups excluding carboxylic acids is 1. The summed E-state index contributed by atoms with van der Waals surface area (Å²) in [5.41, 5.74) is 3.27. The van der Waals surface area contributed by atoms with E-state index in [1.165, 1.54) is 5.56 Å². The van der Waals surface area contributed by atoms with Crippen molar-refractivity contribution >= 4 is 16.9 Å². The molecule has 0 aliphatic rings. The van der Waals surface area contributed by atoms with Gasteiger partial charge in [0.2, 0.25) is 5.91 Å². The van der Waals surface area contributed by atoms with Gasteiger partial charge in [-0.05, 0) is 31.0 Å². The van der Waals surface area contributed by atoms with Crippen molar-refractivity contribution in [3.8, 4) is 0 Å². The number of hydrogen-bond donors (Lipinski definition) is 1. The van der Waals surface area contributed by atoms with Crippen molar-refractivity contribution in [1.29, 1.82) is 0 Å². The molecule has 0 unspecified atom stereocenters. The van der Waals surface area contributed by atoms with Crippen LogP contribution in [-0.2, 0) is 11.3 Å². The fourth-order valence-electron chi connectivity index (χ4n) is 3.02. The first-order chi connectivity index (χ1) is 11.7. The maximum absolute atomic E-state index is 11.8. The molecule has 4 nitrogen and oxygen atoms in total. The van der Waals surface area contributed by atoms with Crippen molar-refractivity contribution in [3.63, 3.8) is 0 Å². The number of hydrogen-bond acceptors (Lipinski definition) is 2. The molecule has 0 spiro atoms. The Kier molecular flexibility index (Phi) is 4.94. The van der Waals surface area contributed by atoms with E-state index in [1.54, 1.807) is 0 Å². The van der Waals surface area contributed by atoms with Crippen LogP contribution in [0.4, 0.5) is 0 Å². The average Bonchev–Trinajstić information content (AvgIpc) is 2.99. The Hall–Kier alpha value is -2.62. The second-order valence-electron chi connectivity index (χ2n) is 6.00. The van der Waals surface area contributed by atoms with Crippen LogP contribution in [-0.4, -0.2) is 15.5 Å². The van der Waals surface area contributed by atoms with Gasteiger partial charge in [0, 0.05) is 6.42 Å². The SMILES string of the molecule is CCCC(=O)NCc1nc2ccccc2n1[C@@H](C)c1ccccc1. The summed E-state index contributed by atoms with van der Waals surface area (Å²) in [6.45, 7) is 4.62. The van der Waals surface area contributed by atoms with Crippen LogP contribution < -0.4 is 5.32 Å². The highest BCUT2D eigenvalue weighted by atomic mass is 16.1. The quantitative estimate of drug-likeness (QED) is 0.744. The number of nitrogens with zero attached hydrogens (tertiary/aromatic N) is 2. The first-order valence-corrected chi connectivity index (χ1v) is 8.48. The molecular formula is C20H23N3O. The van der Waals surface area contributed by atoms with Gasteiger partial charge in [0.05, 0.1) is 23.6 Å². The van der Waals surface area contributed by atoms with E-state index in [4.69, 9.17) is 4.98 Å². The lowest BCUT2D eigenvalue weighted by atomic mass is 10.1. The molecule has 0 saturated carbocycles. The number of para-hydroxylation sites is 2. The highest BCUT2D eigenvalue weighted by Crippen LogP contribution is 2.25. The van der Waals surface area contributed by atoms with Crippen molar-refractivity contribution in [3.05, 3.63) is 66.0 Å². The third-order valence-electron chi connectivity index (χ3n) is 4.26. The number of carbonyl (C=O) groups is 1. The normalized spacial score (nSPS) is 12.2. The molecule has 124 valence electrons. The monoisotopic (exact) mass is 321 g/mol. The predicted octanol–water partition coefficient (Wildman–Crippen LogP) is 4.06. The van der Waals surface area contributed by atoms with Gasteiger partial charge >= 0.3 is 0 Å². The molecule has 1 amide bonds. The van der Waals surface area contributed by atoms with Crippen LogP contribution in [0.5, 0.6) is 0 Å². The zero-order valence-electron chi connectivity index (χ0n) is 14.2. The Balaban J connectivity index is 1.97. The van der Waals surface area contributed by atoms with E-state index in [0.29, 0.717) is 13.0 Å². The van der Waals surface area contributed by atoms with Crippen molar-refractivity contribution in [1.82, 2.24) is 14.9 Å². The molecule has 1 atom stereocenters. The van der Waals surface area contributed by atoms with Gasteiger partial charge in [-0.3, -0.25) is 4.79 Å². The van der Waals surface area contributed by atoms with Crippen molar-refractivity contribution in [2.75, 3.05) is 0 Å². The van der Waals surface area contributed by atoms with Gasteiger partial charge in [-0.15, -0.1) is 0 Å². The summed E-state index contributed by atoms with van der Waals surface area (Å²) in [4.78, 5) is 16.6. The topological polar surface area (TPSA) is 46.9 Å². The molecule has 0 aliphatic carbocycles. The fraction of sp³-hybridized carbons (Fsp3) is 0.300. The number of imidazole rings is 1. The molecular weight excluding hydrogens is 298 g/mol. The minimum Gasteiger partial charge on any atom is -0.349 e. The largest absolute Gasteiger partial charge is 0.349 e. The second-order valence-corrected chi connectivity index (χ2v) is 6.00. The van der Waals surface area contributed by atoms with E-state index >= 15 is 0 Å². The van der Waals surface area contributed by atoms with E-state index in [1.807, 2.05) is 43.3 Å². The molecule has 0 fully saturated rings. The van der Waals surface area contributed by atoms with Crippen LogP contribution in [0.3, 0.4) is 0 Å². The van der Waals surface area contributed by atoms with Gasteiger partial charge in [0.1, 0.15) is 5.82 Å². The fourth-order valence-corrected chi connectivity index (χ4v) is 3.02. The minimum atomic E-state index is 0.0727. The first kappa shape index (κ1) is 16.2. The van der Waals surface area contributed by atoms with E-state index in [0.717, 1.165) is 23.3 Å². The molecule has 1 aromatic heterocycles. The lowest BCUT2D eigenvalue weighted by molar-refractivity contribution is -0.121. The number of aromatic nitrogens is 2. The van der Waals surface area contributed by atoms with E-state index < -0.39 is 0 Å². The maximum atomic E-state index is 11.8.